The maximum Gasteiger partial charge on any atom is 0.326 e. The number of anilines is 2. The molecule has 2 aromatic rings. The summed E-state index contributed by atoms with van der Waals surface area (Å²) in [5, 5.41) is 0. The van der Waals surface area contributed by atoms with Gasteiger partial charge in [0.25, 0.3) is 11.8 Å². The highest BCUT2D eigenvalue weighted by atomic mass is 32.2. The Morgan fingerprint density at radius 3 is 2.45 bits per heavy atom. The lowest BCUT2D eigenvalue weighted by Gasteiger charge is -2.15. The lowest BCUT2D eigenvalue weighted by atomic mass is 10.1. The zero-order valence-corrected chi connectivity index (χ0v) is 17.1. The normalized spacial score (nSPS) is 18.4. The van der Waals surface area contributed by atoms with Gasteiger partial charge in [-0.3, -0.25) is 24.2 Å². The highest BCUT2D eigenvalue weighted by Gasteiger charge is 2.42. The zero-order chi connectivity index (χ0) is 20.5. The number of esters is 1. The van der Waals surface area contributed by atoms with E-state index >= 15 is 0 Å². The third-order valence-electron chi connectivity index (χ3n) is 4.53. The van der Waals surface area contributed by atoms with Crippen molar-refractivity contribution in [2.24, 2.45) is 0 Å². The molecule has 6 nitrogen and oxygen atoms in total. The molecule has 8 heteroatoms. The zero-order valence-electron chi connectivity index (χ0n) is 15.5. The number of para-hydroxylation sites is 2. The lowest BCUT2D eigenvalue weighted by Crippen LogP contribution is -2.34. The van der Waals surface area contributed by atoms with Gasteiger partial charge in [0.1, 0.15) is 6.54 Å². The number of carbonyl (C=O) groups excluding carboxylic acids is 3. The van der Waals surface area contributed by atoms with Crippen LogP contribution in [-0.4, -0.2) is 35.3 Å². The van der Waals surface area contributed by atoms with Crippen molar-refractivity contribution in [3.63, 3.8) is 0 Å². The van der Waals surface area contributed by atoms with Gasteiger partial charge >= 0.3 is 5.97 Å². The lowest BCUT2D eigenvalue weighted by molar-refractivity contribution is -0.142. The van der Waals surface area contributed by atoms with Crippen molar-refractivity contribution in [2.75, 3.05) is 23.0 Å². The average Bonchev–Trinajstić information content (AvgIpc) is 3.16. The van der Waals surface area contributed by atoms with E-state index in [1.54, 1.807) is 43.3 Å². The van der Waals surface area contributed by atoms with Crippen LogP contribution in [0.4, 0.5) is 11.4 Å². The number of benzene rings is 2. The Hall–Kier alpha value is -2.97. The Morgan fingerprint density at radius 2 is 1.72 bits per heavy atom. The van der Waals surface area contributed by atoms with Gasteiger partial charge in [-0.15, -0.1) is 0 Å². The van der Waals surface area contributed by atoms with Gasteiger partial charge in [-0.2, -0.15) is 0 Å². The molecule has 0 unspecified atom stereocenters. The molecule has 1 fully saturated rings. The molecule has 2 heterocycles. The fourth-order valence-electron chi connectivity index (χ4n) is 3.31. The monoisotopic (exact) mass is 424 g/mol. The number of hydrogen-bond donors (Lipinski definition) is 0. The highest BCUT2D eigenvalue weighted by Crippen LogP contribution is 2.45. The second-order valence-electron chi connectivity index (χ2n) is 6.26. The minimum Gasteiger partial charge on any atom is -0.465 e. The van der Waals surface area contributed by atoms with E-state index in [1.807, 2.05) is 18.2 Å². The first-order chi connectivity index (χ1) is 14.0. The number of rotatable bonds is 4. The summed E-state index contributed by atoms with van der Waals surface area (Å²) in [5.41, 5.74) is 2.09. The first kappa shape index (κ1) is 19.4. The summed E-state index contributed by atoms with van der Waals surface area (Å²) in [6, 6.07) is 16.1. The molecule has 0 radical (unpaired) electrons. The van der Waals surface area contributed by atoms with E-state index in [4.69, 9.17) is 17.0 Å². The van der Waals surface area contributed by atoms with E-state index in [0.717, 1.165) is 11.8 Å². The molecule has 2 amide bonds. The number of fused-ring (bicyclic) bond motifs is 1. The van der Waals surface area contributed by atoms with Crippen molar-refractivity contribution < 1.29 is 19.1 Å². The van der Waals surface area contributed by atoms with Crippen LogP contribution in [0, 0.1) is 0 Å². The highest BCUT2D eigenvalue weighted by molar-refractivity contribution is 8.27. The summed E-state index contributed by atoms with van der Waals surface area (Å²) < 4.78 is 5.35. The maximum absolute atomic E-state index is 13.2. The summed E-state index contributed by atoms with van der Waals surface area (Å²) >= 11 is 6.51. The molecular weight excluding hydrogens is 408 g/mol. The van der Waals surface area contributed by atoms with E-state index in [-0.39, 0.29) is 29.5 Å². The molecule has 2 aliphatic rings. The molecule has 2 aliphatic heterocycles. The fourth-order valence-corrected chi connectivity index (χ4v) is 4.68. The van der Waals surface area contributed by atoms with Gasteiger partial charge < -0.3 is 4.74 Å². The summed E-state index contributed by atoms with van der Waals surface area (Å²) in [6.07, 6.45) is 0. The third kappa shape index (κ3) is 3.34. The Kier molecular flexibility index (Phi) is 5.21. The Bertz CT molecular complexity index is 1070. The van der Waals surface area contributed by atoms with E-state index < -0.39 is 11.9 Å². The van der Waals surface area contributed by atoms with Crippen molar-refractivity contribution >= 4 is 63.0 Å². The maximum atomic E-state index is 13.2. The van der Waals surface area contributed by atoms with E-state index in [1.165, 1.54) is 9.80 Å². The molecule has 0 saturated carbocycles. The fraction of sp³-hybridized carbons (Fsp3) is 0.143. The molecule has 0 aromatic heterocycles. The smallest absolute Gasteiger partial charge is 0.326 e. The molecule has 2 aromatic carbocycles. The van der Waals surface area contributed by atoms with Crippen LogP contribution in [0.15, 0.2) is 59.5 Å². The predicted octanol–water partition coefficient (Wildman–Crippen LogP) is 3.37. The Morgan fingerprint density at radius 1 is 1.03 bits per heavy atom. The Balaban J connectivity index is 1.77. The molecule has 4 rings (SSSR count). The number of thiocarbonyl (C=S) groups is 1. The number of amides is 2. The van der Waals surface area contributed by atoms with E-state index in [0.29, 0.717) is 21.3 Å². The second-order valence-corrected chi connectivity index (χ2v) is 7.91. The first-order valence-electron chi connectivity index (χ1n) is 8.95. The third-order valence-corrected chi connectivity index (χ3v) is 5.90. The number of ether oxygens (including phenoxy) is 1. The second kappa shape index (κ2) is 7.81. The van der Waals surface area contributed by atoms with Crippen LogP contribution in [0.5, 0.6) is 0 Å². The molecule has 0 atom stereocenters. The summed E-state index contributed by atoms with van der Waals surface area (Å²) in [7, 11) is 0. The largest absolute Gasteiger partial charge is 0.465 e. The van der Waals surface area contributed by atoms with Gasteiger partial charge in [-0.1, -0.05) is 60.4 Å². The van der Waals surface area contributed by atoms with Gasteiger partial charge in [0.2, 0.25) is 0 Å². The minimum atomic E-state index is -0.506. The van der Waals surface area contributed by atoms with Crippen LogP contribution in [0.25, 0.3) is 5.57 Å². The number of carbonyl (C=O) groups is 3. The SMILES string of the molecule is CCOC(=O)CN1C(=O)/C(=C2/SC(=S)N(c3ccccc3)C2=O)c2ccccc21. The molecule has 0 spiro atoms. The van der Waals surface area contributed by atoms with Crippen LogP contribution in [-0.2, 0) is 19.1 Å². The van der Waals surface area contributed by atoms with Gasteiger partial charge in [0, 0.05) is 5.56 Å². The van der Waals surface area contributed by atoms with Crippen LogP contribution in [0.2, 0.25) is 0 Å². The van der Waals surface area contributed by atoms with Crippen molar-refractivity contribution in [3.05, 3.63) is 65.1 Å². The predicted molar refractivity (Wildman–Crippen MR) is 116 cm³/mol. The van der Waals surface area contributed by atoms with Gasteiger partial charge in [0.05, 0.1) is 28.5 Å². The van der Waals surface area contributed by atoms with Crippen molar-refractivity contribution in [2.45, 2.75) is 6.92 Å². The van der Waals surface area contributed by atoms with Gasteiger partial charge in [0.15, 0.2) is 4.32 Å². The van der Waals surface area contributed by atoms with Gasteiger partial charge in [-0.05, 0) is 25.1 Å². The van der Waals surface area contributed by atoms with Crippen LogP contribution < -0.4 is 9.80 Å². The summed E-state index contributed by atoms with van der Waals surface area (Å²) in [4.78, 5) is 41.4. The number of nitrogens with zero attached hydrogens (tertiary/aromatic N) is 2. The topological polar surface area (TPSA) is 66.9 Å². The Labute approximate surface area is 177 Å². The van der Waals surface area contributed by atoms with E-state index in [9.17, 15) is 14.4 Å². The quantitative estimate of drug-likeness (QED) is 0.426. The van der Waals surface area contributed by atoms with Crippen LogP contribution in [0.1, 0.15) is 12.5 Å². The van der Waals surface area contributed by atoms with Crippen molar-refractivity contribution in [1.82, 2.24) is 0 Å². The summed E-state index contributed by atoms with van der Waals surface area (Å²) in [6.45, 7) is 1.72. The first-order valence-corrected chi connectivity index (χ1v) is 10.2. The molecule has 0 bridgehead atoms. The van der Waals surface area contributed by atoms with Crippen molar-refractivity contribution in [3.8, 4) is 0 Å². The standard InChI is InChI=1S/C21H16N2O4S2/c1-2-27-16(24)12-22-15-11-7-6-10-14(15)17(19(22)25)18-20(26)23(21(28)29-18)13-8-4-3-5-9-13/h3-11H,2,12H2,1H3/b18-17+. The van der Waals surface area contributed by atoms with E-state index in [2.05, 4.69) is 0 Å². The van der Waals surface area contributed by atoms with Gasteiger partial charge in [-0.25, -0.2) is 0 Å². The molecule has 146 valence electrons. The number of hydrogen-bond acceptors (Lipinski definition) is 6. The summed E-state index contributed by atoms with van der Waals surface area (Å²) in [5.74, 6) is -1.26. The molecule has 1 saturated heterocycles. The van der Waals surface area contributed by atoms with Crippen LogP contribution >= 0.6 is 24.0 Å². The molecule has 0 N–H and O–H groups in total. The number of thioether (sulfide) groups is 1. The van der Waals surface area contributed by atoms with Crippen LogP contribution in [0.3, 0.4) is 0 Å². The average molecular weight is 425 g/mol. The van der Waals surface area contributed by atoms with Crippen molar-refractivity contribution in [1.29, 1.82) is 0 Å². The minimum absolute atomic E-state index is 0.216. The molecule has 29 heavy (non-hydrogen) atoms. The molecular formula is C21H16N2O4S2. The molecule has 0 aliphatic carbocycles.